The Morgan fingerprint density at radius 3 is 2.37 bits per heavy atom. The first-order valence-corrected chi connectivity index (χ1v) is 8.83. The Labute approximate surface area is 174 Å². The molecule has 11 nitrogen and oxygen atoms in total. The van der Waals surface area contributed by atoms with Crippen LogP contribution in [0.5, 0.6) is 0 Å². The lowest BCUT2D eigenvalue weighted by molar-refractivity contribution is -0.385. The van der Waals surface area contributed by atoms with Crippen LogP contribution in [-0.2, 0) is 4.79 Å². The standard InChI is InChI=1S/C18H14ClN5O6/c1-9-15(17(25)21-11-3-5-12(6-4-11)23(27)28)16(22-18(26)20-9)10-2-7-13(19)14(8-10)24(29)30/h2-8,16H,1H3,(H,21,25)(H2,20,22,26). The van der Waals surface area contributed by atoms with Crippen molar-refractivity contribution in [3.8, 4) is 0 Å². The number of anilines is 1. The number of nitrogens with zero attached hydrogens (tertiary/aromatic N) is 2. The third-order valence-electron chi connectivity index (χ3n) is 4.35. The molecule has 1 aliphatic heterocycles. The van der Waals surface area contributed by atoms with Crippen molar-refractivity contribution >= 4 is 40.6 Å². The minimum atomic E-state index is -0.979. The molecule has 0 spiro atoms. The number of benzene rings is 2. The summed E-state index contributed by atoms with van der Waals surface area (Å²) in [6, 6.07) is 7.60. The van der Waals surface area contributed by atoms with Gasteiger partial charge in [0.2, 0.25) is 0 Å². The van der Waals surface area contributed by atoms with Crippen LogP contribution in [0.25, 0.3) is 0 Å². The second kappa shape index (κ2) is 8.17. The zero-order valence-corrected chi connectivity index (χ0v) is 16.1. The molecule has 154 valence electrons. The molecule has 30 heavy (non-hydrogen) atoms. The van der Waals surface area contributed by atoms with E-state index in [-0.39, 0.29) is 33.2 Å². The van der Waals surface area contributed by atoms with Gasteiger partial charge >= 0.3 is 6.03 Å². The Balaban J connectivity index is 1.95. The predicted molar refractivity (Wildman–Crippen MR) is 107 cm³/mol. The maximum atomic E-state index is 12.9. The molecule has 0 saturated carbocycles. The van der Waals surface area contributed by atoms with Crippen molar-refractivity contribution < 1.29 is 19.4 Å². The van der Waals surface area contributed by atoms with Crippen LogP contribution in [0.1, 0.15) is 18.5 Å². The average molecular weight is 432 g/mol. The number of nitrogens with one attached hydrogen (secondary N) is 3. The summed E-state index contributed by atoms with van der Waals surface area (Å²) in [5, 5.41) is 29.5. The fraction of sp³-hybridized carbons (Fsp3) is 0.111. The molecular formula is C18H14ClN5O6. The van der Waals surface area contributed by atoms with E-state index in [0.717, 1.165) is 0 Å². The van der Waals surface area contributed by atoms with Crippen molar-refractivity contribution in [1.29, 1.82) is 0 Å². The number of allylic oxidation sites excluding steroid dienone is 1. The van der Waals surface area contributed by atoms with E-state index in [0.29, 0.717) is 5.69 Å². The number of hydrogen-bond donors (Lipinski definition) is 3. The van der Waals surface area contributed by atoms with Crippen molar-refractivity contribution in [3.63, 3.8) is 0 Å². The number of carbonyl (C=O) groups is 2. The van der Waals surface area contributed by atoms with Gasteiger partial charge in [0.05, 0.1) is 21.5 Å². The molecule has 1 unspecified atom stereocenters. The lowest BCUT2D eigenvalue weighted by Gasteiger charge is -2.28. The molecule has 12 heteroatoms. The molecule has 0 aliphatic carbocycles. The van der Waals surface area contributed by atoms with Crippen LogP contribution in [0.2, 0.25) is 5.02 Å². The van der Waals surface area contributed by atoms with Gasteiger partial charge in [-0.1, -0.05) is 17.7 Å². The second-order valence-corrected chi connectivity index (χ2v) is 6.70. The Bertz CT molecular complexity index is 1100. The number of hydrogen-bond acceptors (Lipinski definition) is 6. The summed E-state index contributed by atoms with van der Waals surface area (Å²) in [5.41, 5.74) is 0.444. The van der Waals surface area contributed by atoms with Gasteiger partial charge in [-0.25, -0.2) is 4.79 Å². The van der Waals surface area contributed by atoms with Gasteiger partial charge in [-0.05, 0) is 30.7 Å². The monoisotopic (exact) mass is 431 g/mol. The molecule has 3 rings (SSSR count). The normalized spacial score (nSPS) is 15.8. The zero-order valence-electron chi connectivity index (χ0n) is 15.3. The third-order valence-corrected chi connectivity index (χ3v) is 4.67. The second-order valence-electron chi connectivity index (χ2n) is 6.30. The highest BCUT2D eigenvalue weighted by molar-refractivity contribution is 6.32. The minimum absolute atomic E-state index is 0.0819. The van der Waals surface area contributed by atoms with Crippen LogP contribution in [0.15, 0.2) is 53.7 Å². The van der Waals surface area contributed by atoms with Gasteiger partial charge in [-0.2, -0.15) is 0 Å². The van der Waals surface area contributed by atoms with Gasteiger partial charge in [0.1, 0.15) is 5.02 Å². The zero-order chi connectivity index (χ0) is 22.0. The molecule has 2 aromatic rings. The molecule has 3 N–H and O–H groups in total. The van der Waals surface area contributed by atoms with E-state index in [1.807, 2.05) is 0 Å². The highest BCUT2D eigenvalue weighted by atomic mass is 35.5. The number of urea groups is 1. The molecule has 0 bridgehead atoms. The Hall–Kier alpha value is -3.99. The van der Waals surface area contributed by atoms with Gasteiger partial charge in [0.15, 0.2) is 0 Å². The van der Waals surface area contributed by atoms with Gasteiger partial charge < -0.3 is 16.0 Å². The molecule has 0 fully saturated rings. The molecule has 0 aromatic heterocycles. The smallest absolute Gasteiger partial charge is 0.319 e. The maximum absolute atomic E-state index is 12.9. The summed E-state index contributed by atoms with van der Waals surface area (Å²) in [7, 11) is 0. The van der Waals surface area contributed by atoms with Gasteiger partial charge in [0.25, 0.3) is 17.3 Å². The largest absolute Gasteiger partial charge is 0.327 e. The van der Waals surface area contributed by atoms with E-state index in [1.54, 1.807) is 0 Å². The molecular weight excluding hydrogens is 418 g/mol. The SMILES string of the molecule is CC1=C(C(=O)Nc2ccc([N+](=O)[O-])cc2)C(c2ccc(Cl)c([N+](=O)[O-])c2)NC(=O)N1. The van der Waals surface area contributed by atoms with Crippen molar-refractivity contribution in [3.05, 3.63) is 84.5 Å². The number of non-ortho nitro benzene ring substituents is 1. The Morgan fingerprint density at radius 1 is 1.10 bits per heavy atom. The number of carbonyl (C=O) groups excluding carboxylic acids is 2. The van der Waals surface area contributed by atoms with E-state index in [4.69, 9.17) is 11.6 Å². The van der Waals surface area contributed by atoms with E-state index in [9.17, 15) is 29.8 Å². The van der Waals surface area contributed by atoms with Gasteiger partial charge in [0, 0.05) is 29.6 Å². The summed E-state index contributed by atoms with van der Waals surface area (Å²) in [6.45, 7) is 1.51. The Morgan fingerprint density at radius 2 is 1.77 bits per heavy atom. The summed E-state index contributed by atoms with van der Waals surface area (Å²) >= 11 is 5.85. The van der Waals surface area contributed by atoms with Crippen LogP contribution in [-0.4, -0.2) is 21.8 Å². The first-order valence-electron chi connectivity index (χ1n) is 8.45. The van der Waals surface area contributed by atoms with Crippen LogP contribution >= 0.6 is 11.6 Å². The van der Waals surface area contributed by atoms with Crippen molar-refractivity contribution in [2.24, 2.45) is 0 Å². The van der Waals surface area contributed by atoms with Crippen LogP contribution < -0.4 is 16.0 Å². The first-order chi connectivity index (χ1) is 14.2. The number of nitro groups is 2. The number of nitro benzene ring substituents is 2. The van der Waals surface area contributed by atoms with Crippen molar-refractivity contribution in [2.45, 2.75) is 13.0 Å². The number of amides is 3. The average Bonchev–Trinajstić information content (AvgIpc) is 2.67. The van der Waals surface area contributed by atoms with Crippen LogP contribution in [0, 0.1) is 20.2 Å². The molecule has 3 amide bonds. The Kier molecular flexibility index (Phi) is 5.65. The topological polar surface area (TPSA) is 157 Å². The van der Waals surface area contributed by atoms with E-state index < -0.39 is 27.8 Å². The molecule has 0 saturated heterocycles. The highest BCUT2D eigenvalue weighted by Gasteiger charge is 2.32. The summed E-state index contributed by atoms with van der Waals surface area (Å²) in [5.74, 6) is -0.601. The van der Waals surface area contributed by atoms with E-state index in [1.165, 1.54) is 49.4 Å². The lowest BCUT2D eigenvalue weighted by Crippen LogP contribution is -2.46. The highest BCUT2D eigenvalue weighted by Crippen LogP contribution is 2.33. The van der Waals surface area contributed by atoms with Gasteiger partial charge in [-0.3, -0.25) is 25.0 Å². The fourth-order valence-corrected chi connectivity index (χ4v) is 3.15. The molecule has 1 heterocycles. The lowest BCUT2D eigenvalue weighted by atomic mass is 9.94. The minimum Gasteiger partial charge on any atom is -0.327 e. The quantitative estimate of drug-likeness (QED) is 0.486. The van der Waals surface area contributed by atoms with E-state index >= 15 is 0 Å². The molecule has 2 aromatic carbocycles. The predicted octanol–water partition coefficient (Wildman–Crippen LogP) is 3.42. The van der Waals surface area contributed by atoms with Crippen molar-refractivity contribution in [1.82, 2.24) is 10.6 Å². The number of rotatable bonds is 5. The summed E-state index contributed by atoms with van der Waals surface area (Å²) < 4.78 is 0. The van der Waals surface area contributed by atoms with Crippen LogP contribution in [0.3, 0.4) is 0 Å². The first kappa shape index (κ1) is 20.7. The van der Waals surface area contributed by atoms with E-state index in [2.05, 4.69) is 16.0 Å². The molecule has 1 atom stereocenters. The molecule has 0 radical (unpaired) electrons. The van der Waals surface area contributed by atoms with Gasteiger partial charge in [-0.15, -0.1) is 0 Å². The third kappa shape index (κ3) is 4.20. The molecule has 1 aliphatic rings. The summed E-state index contributed by atoms with van der Waals surface area (Å²) in [4.78, 5) is 45.6. The maximum Gasteiger partial charge on any atom is 0.319 e. The fourth-order valence-electron chi connectivity index (χ4n) is 2.96. The van der Waals surface area contributed by atoms with Crippen molar-refractivity contribution in [2.75, 3.05) is 5.32 Å². The van der Waals surface area contributed by atoms with Crippen LogP contribution in [0.4, 0.5) is 21.9 Å². The summed E-state index contributed by atoms with van der Waals surface area (Å²) in [6.07, 6.45) is 0. The number of halogens is 1.